The van der Waals surface area contributed by atoms with Crippen LogP contribution in [0.2, 0.25) is 0 Å². The Morgan fingerprint density at radius 1 is 1.30 bits per heavy atom. The smallest absolute Gasteiger partial charge is 0.246 e. The molecule has 108 valence electrons. The van der Waals surface area contributed by atoms with Crippen LogP contribution in [0.1, 0.15) is 32.4 Å². The van der Waals surface area contributed by atoms with Gasteiger partial charge in [0.15, 0.2) is 0 Å². The van der Waals surface area contributed by atoms with Crippen LogP contribution < -0.4 is 5.32 Å². The molecule has 0 saturated carbocycles. The molecule has 1 N–H and O–H groups in total. The van der Waals surface area contributed by atoms with Crippen molar-refractivity contribution in [1.82, 2.24) is 10.2 Å². The van der Waals surface area contributed by atoms with Crippen molar-refractivity contribution in [1.29, 1.82) is 0 Å². The summed E-state index contributed by atoms with van der Waals surface area (Å²) in [6.45, 7) is 5.60. The molecule has 0 bridgehead atoms. The van der Waals surface area contributed by atoms with Gasteiger partial charge < -0.3 is 10.2 Å². The Balaban J connectivity index is 2.26. The second-order valence-corrected chi connectivity index (χ2v) is 5.49. The molecule has 1 saturated heterocycles. The number of amides is 2. The maximum atomic E-state index is 13.3. The van der Waals surface area contributed by atoms with Crippen LogP contribution in [0, 0.1) is 11.7 Å². The van der Waals surface area contributed by atoms with Gasteiger partial charge in [0.25, 0.3) is 0 Å². The van der Waals surface area contributed by atoms with E-state index in [1.165, 1.54) is 17.0 Å². The van der Waals surface area contributed by atoms with Gasteiger partial charge in [0.2, 0.25) is 11.8 Å². The molecule has 2 atom stereocenters. The minimum absolute atomic E-state index is 0.0136. The summed E-state index contributed by atoms with van der Waals surface area (Å²) >= 11 is 0. The highest BCUT2D eigenvalue weighted by molar-refractivity contribution is 5.95. The molecule has 0 radical (unpaired) electrons. The van der Waals surface area contributed by atoms with Gasteiger partial charge in [-0.15, -0.1) is 0 Å². The molecule has 1 aliphatic heterocycles. The number of carbonyl (C=O) groups excluding carboxylic acids is 2. The molecule has 2 amide bonds. The lowest BCUT2D eigenvalue weighted by atomic mass is 9.98. The van der Waals surface area contributed by atoms with Crippen molar-refractivity contribution in [2.75, 3.05) is 6.54 Å². The summed E-state index contributed by atoms with van der Waals surface area (Å²) in [6, 6.07) is 5.29. The zero-order chi connectivity index (χ0) is 14.9. The second-order valence-electron chi connectivity index (χ2n) is 5.49. The van der Waals surface area contributed by atoms with Crippen LogP contribution in [0.25, 0.3) is 0 Å². The summed E-state index contributed by atoms with van der Waals surface area (Å²) in [7, 11) is 0. The molecule has 1 aromatic carbocycles. The third kappa shape index (κ3) is 2.81. The average molecular weight is 278 g/mol. The molecule has 0 aromatic heterocycles. The van der Waals surface area contributed by atoms with Crippen molar-refractivity contribution >= 4 is 11.8 Å². The first kappa shape index (κ1) is 14.5. The monoisotopic (exact) mass is 278 g/mol. The molecule has 1 heterocycles. The van der Waals surface area contributed by atoms with Crippen LogP contribution in [0.4, 0.5) is 4.39 Å². The van der Waals surface area contributed by atoms with E-state index in [4.69, 9.17) is 0 Å². The lowest BCUT2D eigenvalue weighted by Gasteiger charge is -2.38. The van der Waals surface area contributed by atoms with Crippen LogP contribution in [-0.2, 0) is 9.59 Å². The first-order valence-electron chi connectivity index (χ1n) is 6.75. The van der Waals surface area contributed by atoms with Crippen molar-refractivity contribution in [2.45, 2.75) is 32.9 Å². The van der Waals surface area contributed by atoms with Gasteiger partial charge >= 0.3 is 0 Å². The van der Waals surface area contributed by atoms with E-state index in [0.29, 0.717) is 5.56 Å². The number of halogens is 1. The van der Waals surface area contributed by atoms with E-state index in [0.717, 1.165) is 0 Å². The van der Waals surface area contributed by atoms with E-state index < -0.39 is 6.04 Å². The second kappa shape index (κ2) is 5.61. The minimum atomic E-state index is -0.507. The van der Waals surface area contributed by atoms with Gasteiger partial charge in [-0.25, -0.2) is 4.39 Å². The van der Waals surface area contributed by atoms with E-state index in [2.05, 4.69) is 5.32 Å². The lowest BCUT2D eigenvalue weighted by Crippen LogP contribution is -2.60. The van der Waals surface area contributed by atoms with Crippen molar-refractivity contribution in [3.63, 3.8) is 0 Å². The fourth-order valence-corrected chi connectivity index (χ4v) is 2.42. The fraction of sp³-hybridized carbons (Fsp3) is 0.467. The van der Waals surface area contributed by atoms with Gasteiger partial charge in [0.05, 0.1) is 6.04 Å². The van der Waals surface area contributed by atoms with Crippen molar-refractivity contribution in [3.05, 3.63) is 35.6 Å². The summed E-state index contributed by atoms with van der Waals surface area (Å²) in [6.07, 6.45) is 0. The first-order valence-corrected chi connectivity index (χ1v) is 6.75. The standard InChI is InChI=1S/C15H19FN2O2/c1-9(2)14-15(20)18(8-13(19)17-14)10(3)11-5-4-6-12(16)7-11/h4-7,9-10,14H,8H2,1-3H3,(H,17,19). The van der Waals surface area contributed by atoms with E-state index in [-0.39, 0.29) is 36.1 Å². The van der Waals surface area contributed by atoms with Gasteiger partial charge in [-0.1, -0.05) is 26.0 Å². The Bertz CT molecular complexity index is 530. The fourth-order valence-electron chi connectivity index (χ4n) is 2.42. The maximum absolute atomic E-state index is 13.3. The van der Waals surface area contributed by atoms with E-state index in [1.54, 1.807) is 12.1 Å². The Kier molecular flexibility index (Phi) is 4.06. The number of nitrogens with zero attached hydrogens (tertiary/aromatic N) is 1. The molecule has 5 heteroatoms. The lowest BCUT2D eigenvalue weighted by molar-refractivity contribution is -0.147. The third-order valence-electron chi connectivity index (χ3n) is 3.64. The van der Waals surface area contributed by atoms with Crippen molar-refractivity contribution in [2.24, 2.45) is 5.92 Å². The van der Waals surface area contributed by atoms with Crippen LogP contribution in [-0.4, -0.2) is 29.3 Å². The van der Waals surface area contributed by atoms with E-state index in [1.807, 2.05) is 20.8 Å². The average Bonchev–Trinajstić information content (AvgIpc) is 2.40. The number of hydrogen-bond donors (Lipinski definition) is 1. The van der Waals surface area contributed by atoms with Crippen molar-refractivity contribution in [3.8, 4) is 0 Å². The highest BCUT2D eigenvalue weighted by atomic mass is 19.1. The van der Waals surface area contributed by atoms with Gasteiger partial charge in [0, 0.05) is 0 Å². The zero-order valence-electron chi connectivity index (χ0n) is 11.9. The number of carbonyl (C=O) groups is 2. The molecule has 1 aromatic rings. The summed E-state index contributed by atoms with van der Waals surface area (Å²) in [4.78, 5) is 25.7. The summed E-state index contributed by atoms with van der Waals surface area (Å²) in [5.41, 5.74) is 0.690. The highest BCUT2D eigenvalue weighted by Gasteiger charge is 2.37. The predicted molar refractivity (Wildman–Crippen MR) is 73.3 cm³/mol. The molecule has 0 spiro atoms. The first-order chi connectivity index (χ1) is 9.40. The van der Waals surface area contributed by atoms with Crippen LogP contribution in [0.5, 0.6) is 0 Å². The number of piperazine rings is 1. The molecule has 1 aliphatic rings. The van der Waals surface area contributed by atoms with E-state index >= 15 is 0 Å². The Labute approximate surface area is 118 Å². The van der Waals surface area contributed by atoms with Crippen molar-refractivity contribution < 1.29 is 14.0 Å². The van der Waals surface area contributed by atoms with Crippen LogP contribution in [0.15, 0.2) is 24.3 Å². The molecule has 2 unspecified atom stereocenters. The molecular formula is C15H19FN2O2. The molecule has 20 heavy (non-hydrogen) atoms. The summed E-state index contributed by atoms with van der Waals surface area (Å²) < 4.78 is 13.3. The van der Waals surface area contributed by atoms with Crippen LogP contribution >= 0.6 is 0 Å². The molecule has 4 nitrogen and oxygen atoms in total. The summed E-state index contributed by atoms with van der Waals surface area (Å²) in [5, 5.41) is 2.71. The Hall–Kier alpha value is -1.91. The normalized spacial score (nSPS) is 21.1. The topological polar surface area (TPSA) is 49.4 Å². The van der Waals surface area contributed by atoms with E-state index in [9.17, 15) is 14.0 Å². The Morgan fingerprint density at radius 3 is 2.60 bits per heavy atom. The van der Waals surface area contributed by atoms with Gasteiger partial charge in [-0.05, 0) is 30.5 Å². The largest absolute Gasteiger partial charge is 0.343 e. The Morgan fingerprint density at radius 2 is 2.00 bits per heavy atom. The number of nitrogens with one attached hydrogen (secondary N) is 1. The molecule has 2 rings (SSSR count). The predicted octanol–water partition coefficient (Wildman–Crippen LogP) is 1.87. The number of hydrogen-bond acceptors (Lipinski definition) is 2. The maximum Gasteiger partial charge on any atom is 0.246 e. The zero-order valence-corrected chi connectivity index (χ0v) is 11.9. The van der Waals surface area contributed by atoms with Gasteiger partial charge in [0.1, 0.15) is 18.4 Å². The van der Waals surface area contributed by atoms with Gasteiger partial charge in [-0.2, -0.15) is 0 Å². The third-order valence-corrected chi connectivity index (χ3v) is 3.64. The minimum Gasteiger partial charge on any atom is -0.343 e. The molecule has 0 aliphatic carbocycles. The molecular weight excluding hydrogens is 259 g/mol. The number of benzene rings is 1. The highest BCUT2D eigenvalue weighted by Crippen LogP contribution is 2.24. The summed E-state index contributed by atoms with van der Waals surface area (Å²) in [5.74, 6) is -0.611. The quantitative estimate of drug-likeness (QED) is 0.917. The van der Waals surface area contributed by atoms with Gasteiger partial charge in [-0.3, -0.25) is 9.59 Å². The number of rotatable bonds is 3. The SMILES string of the molecule is CC(C)C1NC(=O)CN(C(C)c2cccc(F)c2)C1=O. The molecule has 1 fully saturated rings. The van der Waals surface area contributed by atoms with Crippen LogP contribution in [0.3, 0.4) is 0 Å².